The lowest BCUT2D eigenvalue weighted by atomic mass is 9.86. The number of nitrogens with zero attached hydrogens (tertiary/aromatic N) is 1. The smallest absolute Gasteiger partial charge is 0.0517 e. The minimum Gasteiger partial charge on any atom is -0.393 e. The van der Waals surface area contributed by atoms with Crippen molar-refractivity contribution in [3.63, 3.8) is 0 Å². The van der Waals surface area contributed by atoms with Crippen molar-refractivity contribution in [1.82, 2.24) is 10.2 Å². The second-order valence-electron chi connectivity index (χ2n) is 7.95. The molecule has 1 atom stereocenters. The molecule has 23 heavy (non-hydrogen) atoms. The van der Waals surface area contributed by atoms with Crippen LogP contribution in [0.25, 0.3) is 0 Å². The molecule has 2 rings (SSSR count). The number of hydrogen-bond donors (Lipinski definition) is 2. The molecule has 1 unspecified atom stereocenters. The Hall–Kier alpha value is -0.900. The summed E-state index contributed by atoms with van der Waals surface area (Å²) in [7, 11) is 0. The summed E-state index contributed by atoms with van der Waals surface area (Å²) in [6.45, 7) is 10.9. The number of nitrogens with one attached hydrogen (secondary N) is 1. The summed E-state index contributed by atoms with van der Waals surface area (Å²) >= 11 is 0. The fraction of sp³-hybridized carbons (Fsp3) is 0.700. The Morgan fingerprint density at radius 3 is 2.48 bits per heavy atom. The molecule has 1 heterocycles. The van der Waals surface area contributed by atoms with Gasteiger partial charge in [-0.25, -0.2) is 0 Å². The van der Waals surface area contributed by atoms with Crippen molar-refractivity contribution in [2.24, 2.45) is 5.41 Å². The highest BCUT2D eigenvalue weighted by Crippen LogP contribution is 2.22. The second kappa shape index (κ2) is 8.81. The lowest BCUT2D eigenvalue weighted by Crippen LogP contribution is -2.45. The van der Waals surface area contributed by atoms with Gasteiger partial charge in [0.15, 0.2) is 0 Å². The zero-order valence-electron chi connectivity index (χ0n) is 15.1. The molecule has 1 aliphatic rings. The van der Waals surface area contributed by atoms with Crippen LogP contribution >= 0.6 is 0 Å². The molecular formula is C20H34N2O. The first-order valence-corrected chi connectivity index (χ1v) is 9.12. The van der Waals surface area contributed by atoms with E-state index in [4.69, 9.17) is 0 Å². The van der Waals surface area contributed by atoms with Gasteiger partial charge in [0.05, 0.1) is 6.10 Å². The molecular weight excluding hydrogens is 284 g/mol. The van der Waals surface area contributed by atoms with Crippen LogP contribution in [0.4, 0.5) is 0 Å². The fourth-order valence-corrected chi connectivity index (χ4v) is 3.59. The lowest BCUT2D eigenvalue weighted by Gasteiger charge is -2.35. The van der Waals surface area contributed by atoms with Crippen LogP contribution in [0.1, 0.15) is 45.6 Å². The molecule has 1 saturated heterocycles. The van der Waals surface area contributed by atoms with Crippen LogP contribution in [-0.2, 0) is 6.42 Å². The molecule has 1 fully saturated rings. The number of aliphatic hydroxyl groups is 1. The summed E-state index contributed by atoms with van der Waals surface area (Å²) in [6, 6.07) is 11.4. The Balaban J connectivity index is 1.64. The molecule has 0 saturated carbocycles. The lowest BCUT2D eigenvalue weighted by molar-refractivity contribution is 0.121. The van der Waals surface area contributed by atoms with Gasteiger partial charge in [0.25, 0.3) is 0 Å². The molecule has 1 aliphatic heterocycles. The van der Waals surface area contributed by atoms with Crippen molar-refractivity contribution in [1.29, 1.82) is 0 Å². The van der Waals surface area contributed by atoms with Crippen LogP contribution < -0.4 is 5.32 Å². The third-order valence-electron chi connectivity index (χ3n) is 4.86. The molecule has 1 aromatic carbocycles. The van der Waals surface area contributed by atoms with E-state index >= 15 is 0 Å². The third kappa shape index (κ3) is 7.03. The Morgan fingerprint density at radius 1 is 1.22 bits per heavy atom. The maximum atomic E-state index is 9.58. The van der Waals surface area contributed by atoms with Gasteiger partial charge in [-0.2, -0.15) is 0 Å². The van der Waals surface area contributed by atoms with E-state index in [0.717, 1.165) is 19.4 Å². The van der Waals surface area contributed by atoms with Crippen molar-refractivity contribution in [2.75, 3.05) is 26.2 Å². The van der Waals surface area contributed by atoms with Gasteiger partial charge in [0, 0.05) is 19.1 Å². The van der Waals surface area contributed by atoms with Crippen LogP contribution in [0.15, 0.2) is 30.3 Å². The minimum absolute atomic E-state index is 0.165. The van der Waals surface area contributed by atoms with Crippen molar-refractivity contribution >= 4 is 0 Å². The largest absolute Gasteiger partial charge is 0.393 e. The zero-order chi connectivity index (χ0) is 16.7. The Morgan fingerprint density at radius 2 is 1.87 bits per heavy atom. The molecule has 0 aromatic heterocycles. The summed E-state index contributed by atoms with van der Waals surface area (Å²) in [6.07, 6.45) is 4.27. The first-order valence-electron chi connectivity index (χ1n) is 9.12. The normalized spacial score (nSPS) is 19.0. The van der Waals surface area contributed by atoms with Crippen LogP contribution in [0.2, 0.25) is 0 Å². The molecule has 0 bridgehead atoms. The third-order valence-corrected chi connectivity index (χ3v) is 4.86. The van der Waals surface area contributed by atoms with E-state index in [1.165, 1.54) is 38.0 Å². The molecule has 130 valence electrons. The van der Waals surface area contributed by atoms with Crippen LogP contribution in [0, 0.1) is 5.41 Å². The molecule has 1 aromatic rings. The summed E-state index contributed by atoms with van der Waals surface area (Å²) < 4.78 is 0. The zero-order valence-corrected chi connectivity index (χ0v) is 15.1. The molecule has 0 radical (unpaired) electrons. The number of aliphatic hydroxyl groups excluding tert-OH is 1. The first-order chi connectivity index (χ1) is 10.9. The summed E-state index contributed by atoms with van der Waals surface area (Å²) in [5.41, 5.74) is 1.60. The van der Waals surface area contributed by atoms with E-state index < -0.39 is 0 Å². The minimum atomic E-state index is -0.216. The number of hydrogen-bond acceptors (Lipinski definition) is 3. The fourth-order valence-electron chi connectivity index (χ4n) is 3.59. The Labute approximate surface area is 142 Å². The Bertz CT molecular complexity index is 436. The molecule has 2 N–H and O–H groups in total. The van der Waals surface area contributed by atoms with Gasteiger partial charge in [-0.15, -0.1) is 0 Å². The summed E-state index contributed by atoms with van der Waals surface area (Å²) in [5, 5.41) is 13.3. The average Bonchev–Trinajstić information content (AvgIpc) is 2.52. The van der Waals surface area contributed by atoms with E-state index in [1.807, 2.05) is 6.92 Å². The van der Waals surface area contributed by atoms with Crippen molar-refractivity contribution in [2.45, 2.75) is 58.6 Å². The van der Waals surface area contributed by atoms with Gasteiger partial charge < -0.3 is 15.3 Å². The SMILES string of the molecule is CC(O)CC(C)(C)CNC1CCN(CCc2ccccc2)CC1. The van der Waals surface area contributed by atoms with Crippen LogP contribution in [0.5, 0.6) is 0 Å². The van der Waals surface area contributed by atoms with Crippen molar-refractivity contribution < 1.29 is 5.11 Å². The number of benzene rings is 1. The highest BCUT2D eigenvalue weighted by molar-refractivity contribution is 5.14. The van der Waals surface area contributed by atoms with Gasteiger partial charge in [-0.3, -0.25) is 0 Å². The summed E-state index contributed by atoms with van der Waals surface area (Å²) in [5.74, 6) is 0. The van der Waals surface area contributed by atoms with Crippen LogP contribution in [0.3, 0.4) is 0 Å². The molecule has 0 spiro atoms. The molecule has 3 nitrogen and oxygen atoms in total. The first kappa shape index (κ1) is 18.4. The highest BCUT2D eigenvalue weighted by Gasteiger charge is 2.24. The standard InChI is InChI=1S/C20H34N2O/c1-17(23)15-20(2,3)16-21-19-10-13-22(14-11-19)12-9-18-7-5-4-6-8-18/h4-8,17,19,21,23H,9-16H2,1-3H3. The molecule has 0 amide bonds. The maximum absolute atomic E-state index is 9.58. The van der Waals surface area contributed by atoms with E-state index in [2.05, 4.69) is 54.4 Å². The van der Waals surface area contributed by atoms with Gasteiger partial charge in [-0.1, -0.05) is 44.2 Å². The van der Waals surface area contributed by atoms with E-state index in [0.29, 0.717) is 6.04 Å². The maximum Gasteiger partial charge on any atom is 0.0517 e. The van der Waals surface area contributed by atoms with Gasteiger partial charge >= 0.3 is 0 Å². The topological polar surface area (TPSA) is 35.5 Å². The van der Waals surface area contributed by atoms with E-state index in [-0.39, 0.29) is 11.5 Å². The van der Waals surface area contributed by atoms with Gasteiger partial charge in [0.2, 0.25) is 0 Å². The summed E-state index contributed by atoms with van der Waals surface area (Å²) in [4.78, 5) is 2.59. The van der Waals surface area contributed by atoms with Crippen LogP contribution in [-0.4, -0.2) is 48.3 Å². The number of rotatable bonds is 8. The van der Waals surface area contributed by atoms with Gasteiger partial charge in [-0.05, 0) is 56.7 Å². The molecule has 3 heteroatoms. The van der Waals surface area contributed by atoms with E-state index in [9.17, 15) is 5.11 Å². The number of piperidine rings is 1. The Kier molecular flexibility index (Phi) is 7.07. The molecule has 0 aliphatic carbocycles. The predicted molar refractivity (Wildman–Crippen MR) is 97.7 cm³/mol. The van der Waals surface area contributed by atoms with E-state index in [1.54, 1.807) is 0 Å². The van der Waals surface area contributed by atoms with Crippen molar-refractivity contribution in [3.8, 4) is 0 Å². The quantitative estimate of drug-likeness (QED) is 0.773. The number of likely N-dealkylation sites (tertiary alicyclic amines) is 1. The van der Waals surface area contributed by atoms with Gasteiger partial charge in [0.1, 0.15) is 0 Å². The highest BCUT2D eigenvalue weighted by atomic mass is 16.3. The van der Waals surface area contributed by atoms with Crippen molar-refractivity contribution in [3.05, 3.63) is 35.9 Å². The predicted octanol–water partition coefficient (Wildman–Crippen LogP) is 3.08. The second-order valence-corrected chi connectivity index (χ2v) is 7.95. The monoisotopic (exact) mass is 318 g/mol. The average molecular weight is 319 g/mol.